The van der Waals surface area contributed by atoms with Crippen LogP contribution in [-0.4, -0.2) is 34.6 Å². The van der Waals surface area contributed by atoms with Gasteiger partial charge in [0.25, 0.3) is 0 Å². The fraction of sp³-hybridized carbons (Fsp3) is 0.417. The molecule has 8 nitrogen and oxygen atoms in total. The van der Waals surface area contributed by atoms with Gasteiger partial charge in [-0.2, -0.15) is 0 Å². The molecule has 104 valence electrons. The number of carbonyl (C=O) groups excluding carboxylic acids is 1. The summed E-state index contributed by atoms with van der Waals surface area (Å²) in [5.41, 5.74) is 1.10. The molecule has 1 fully saturated rings. The summed E-state index contributed by atoms with van der Waals surface area (Å²) in [5, 5.41) is 18.3. The number of anilines is 1. The van der Waals surface area contributed by atoms with Crippen molar-refractivity contribution in [1.29, 1.82) is 0 Å². The van der Waals surface area contributed by atoms with Gasteiger partial charge >= 0.3 is 5.69 Å². The normalized spacial score (nSPS) is 19.2. The Bertz CT molecular complexity index is 669. The minimum atomic E-state index is -0.513. The molecule has 1 aromatic carbocycles. The van der Waals surface area contributed by atoms with E-state index in [0.717, 1.165) is 31.4 Å². The van der Waals surface area contributed by atoms with E-state index in [2.05, 4.69) is 14.9 Å². The summed E-state index contributed by atoms with van der Waals surface area (Å²) in [5.74, 6) is -0.0196. The summed E-state index contributed by atoms with van der Waals surface area (Å²) in [6.07, 6.45) is 2.72. The van der Waals surface area contributed by atoms with E-state index in [9.17, 15) is 14.9 Å². The Morgan fingerprint density at radius 3 is 2.95 bits per heavy atom. The van der Waals surface area contributed by atoms with Crippen LogP contribution in [0.1, 0.15) is 12.8 Å². The molecule has 3 rings (SSSR count). The molecular formula is C12H12N4O4. The van der Waals surface area contributed by atoms with Crippen molar-refractivity contribution in [3.05, 3.63) is 22.2 Å². The summed E-state index contributed by atoms with van der Waals surface area (Å²) in [6, 6.07) is 3.03. The Labute approximate surface area is 113 Å². The maximum Gasteiger partial charge on any atom is 0.300 e. The molecular weight excluding hydrogens is 264 g/mol. The average Bonchev–Trinajstić information content (AvgIpc) is 2.95. The third-order valence-electron chi connectivity index (χ3n) is 3.56. The van der Waals surface area contributed by atoms with Crippen molar-refractivity contribution in [3.8, 4) is 0 Å². The van der Waals surface area contributed by atoms with Crippen molar-refractivity contribution >= 4 is 28.7 Å². The number of rotatable bonds is 3. The molecule has 20 heavy (non-hydrogen) atoms. The molecule has 0 bridgehead atoms. The van der Waals surface area contributed by atoms with E-state index in [1.54, 1.807) is 6.07 Å². The van der Waals surface area contributed by atoms with Gasteiger partial charge in [0.1, 0.15) is 6.29 Å². The Balaban J connectivity index is 2.04. The van der Waals surface area contributed by atoms with Gasteiger partial charge in [0.15, 0.2) is 5.52 Å². The number of piperidine rings is 1. The van der Waals surface area contributed by atoms with Crippen LogP contribution in [0.5, 0.6) is 0 Å². The van der Waals surface area contributed by atoms with E-state index in [0.29, 0.717) is 12.1 Å². The lowest BCUT2D eigenvalue weighted by molar-refractivity contribution is -0.383. The summed E-state index contributed by atoms with van der Waals surface area (Å²) < 4.78 is 4.64. The van der Waals surface area contributed by atoms with Crippen LogP contribution in [-0.2, 0) is 4.79 Å². The Morgan fingerprint density at radius 2 is 2.20 bits per heavy atom. The topological polar surface area (TPSA) is 102 Å². The average molecular weight is 276 g/mol. The summed E-state index contributed by atoms with van der Waals surface area (Å²) in [6.45, 7) is 1.37. The van der Waals surface area contributed by atoms with Gasteiger partial charge in [-0.05, 0) is 29.2 Å². The van der Waals surface area contributed by atoms with Crippen molar-refractivity contribution in [2.75, 3.05) is 18.0 Å². The van der Waals surface area contributed by atoms with Gasteiger partial charge < -0.3 is 9.69 Å². The van der Waals surface area contributed by atoms with E-state index in [1.165, 1.54) is 6.07 Å². The molecule has 2 heterocycles. The third-order valence-corrected chi connectivity index (χ3v) is 3.56. The molecule has 0 aliphatic carbocycles. The predicted octanol–water partition coefficient (Wildman–Crippen LogP) is 1.55. The first-order valence-electron chi connectivity index (χ1n) is 6.30. The largest absolute Gasteiger partial charge is 0.369 e. The number of nitrogens with zero attached hydrogens (tertiary/aromatic N) is 4. The van der Waals surface area contributed by atoms with Gasteiger partial charge in [-0.3, -0.25) is 10.1 Å². The van der Waals surface area contributed by atoms with Crippen molar-refractivity contribution in [2.24, 2.45) is 5.92 Å². The summed E-state index contributed by atoms with van der Waals surface area (Å²) in [7, 11) is 0. The first-order valence-corrected chi connectivity index (χ1v) is 6.30. The van der Waals surface area contributed by atoms with Gasteiger partial charge in [-0.1, -0.05) is 0 Å². The second kappa shape index (κ2) is 4.87. The van der Waals surface area contributed by atoms with Crippen molar-refractivity contribution in [1.82, 2.24) is 10.3 Å². The molecule has 1 atom stereocenters. The Kier molecular flexibility index (Phi) is 3.05. The number of non-ortho nitro benzene ring substituents is 1. The monoisotopic (exact) mass is 276 g/mol. The molecule has 8 heteroatoms. The molecule has 1 aliphatic rings. The van der Waals surface area contributed by atoms with Crippen molar-refractivity contribution < 1.29 is 14.3 Å². The quantitative estimate of drug-likeness (QED) is 0.476. The smallest absolute Gasteiger partial charge is 0.300 e. The van der Waals surface area contributed by atoms with Gasteiger partial charge in [-0.25, -0.2) is 4.63 Å². The highest BCUT2D eigenvalue weighted by Gasteiger charge is 2.25. The highest BCUT2D eigenvalue weighted by molar-refractivity contribution is 5.93. The standard InChI is InChI=1S/C12H12N4O4/c17-7-8-2-1-5-15(6-8)9-3-4-10(16(18)19)12-11(9)13-20-14-12/h3-4,7-8H,1-2,5-6H2. The Hall–Kier alpha value is -2.51. The first-order chi connectivity index (χ1) is 9.70. The maximum atomic E-state index is 10.9. The van der Waals surface area contributed by atoms with Crippen LogP contribution in [0.15, 0.2) is 16.8 Å². The van der Waals surface area contributed by atoms with Gasteiger partial charge in [0.2, 0.25) is 5.52 Å². The number of aldehydes is 1. The number of benzene rings is 1. The van der Waals surface area contributed by atoms with Crippen LogP contribution in [0, 0.1) is 16.0 Å². The second-order valence-electron chi connectivity index (χ2n) is 4.81. The number of hydrogen-bond acceptors (Lipinski definition) is 7. The highest BCUT2D eigenvalue weighted by Crippen LogP contribution is 2.33. The van der Waals surface area contributed by atoms with Crippen LogP contribution in [0.3, 0.4) is 0 Å². The van der Waals surface area contributed by atoms with Crippen molar-refractivity contribution in [3.63, 3.8) is 0 Å². The minimum absolute atomic E-state index is 0.0196. The van der Waals surface area contributed by atoms with E-state index >= 15 is 0 Å². The molecule has 1 aromatic heterocycles. The second-order valence-corrected chi connectivity index (χ2v) is 4.81. The zero-order valence-electron chi connectivity index (χ0n) is 10.6. The predicted molar refractivity (Wildman–Crippen MR) is 69.5 cm³/mol. The molecule has 1 unspecified atom stereocenters. The van der Waals surface area contributed by atoms with Gasteiger partial charge in [-0.15, -0.1) is 0 Å². The van der Waals surface area contributed by atoms with E-state index in [4.69, 9.17) is 0 Å². The lowest BCUT2D eigenvalue weighted by Crippen LogP contribution is -2.36. The lowest BCUT2D eigenvalue weighted by Gasteiger charge is -2.31. The summed E-state index contributed by atoms with van der Waals surface area (Å²) in [4.78, 5) is 23.4. The highest BCUT2D eigenvalue weighted by atomic mass is 16.6. The van der Waals surface area contributed by atoms with E-state index in [-0.39, 0.29) is 17.1 Å². The third kappa shape index (κ3) is 1.98. The fourth-order valence-electron chi connectivity index (χ4n) is 2.58. The van der Waals surface area contributed by atoms with Crippen LogP contribution in [0.2, 0.25) is 0 Å². The van der Waals surface area contributed by atoms with E-state index in [1.807, 2.05) is 4.90 Å². The number of nitro groups is 1. The van der Waals surface area contributed by atoms with Crippen molar-refractivity contribution in [2.45, 2.75) is 12.8 Å². The van der Waals surface area contributed by atoms with Gasteiger partial charge in [0, 0.05) is 25.1 Å². The lowest BCUT2D eigenvalue weighted by atomic mass is 9.99. The number of aromatic nitrogens is 2. The maximum absolute atomic E-state index is 10.9. The first kappa shape index (κ1) is 12.5. The van der Waals surface area contributed by atoms with Crippen LogP contribution < -0.4 is 4.90 Å². The van der Waals surface area contributed by atoms with E-state index < -0.39 is 4.92 Å². The summed E-state index contributed by atoms with van der Waals surface area (Å²) >= 11 is 0. The zero-order valence-corrected chi connectivity index (χ0v) is 10.6. The number of hydrogen-bond donors (Lipinski definition) is 0. The Morgan fingerprint density at radius 1 is 1.40 bits per heavy atom. The SMILES string of the molecule is O=CC1CCCN(c2ccc([N+](=O)[O-])c3nonc23)C1. The molecule has 0 N–H and O–H groups in total. The number of carbonyl (C=O) groups is 1. The van der Waals surface area contributed by atoms with Gasteiger partial charge in [0.05, 0.1) is 10.6 Å². The molecule has 0 amide bonds. The number of nitro benzene ring substituents is 1. The molecule has 0 spiro atoms. The molecule has 0 saturated carbocycles. The number of fused-ring (bicyclic) bond motifs is 1. The molecule has 0 radical (unpaired) electrons. The fourth-order valence-corrected chi connectivity index (χ4v) is 2.58. The minimum Gasteiger partial charge on any atom is -0.369 e. The van der Waals surface area contributed by atoms with Crippen LogP contribution in [0.25, 0.3) is 11.0 Å². The molecule has 1 saturated heterocycles. The molecule has 1 aliphatic heterocycles. The zero-order chi connectivity index (χ0) is 14.1. The van der Waals surface area contributed by atoms with Crippen LogP contribution in [0.4, 0.5) is 11.4 Å². The molecule has 2 aromatic rings. The van der Waals surface area contributed by atoms with Crippen LogP contribution >= 0.6 is 0 Å².